The third-order valence-corrected chi connectivity index (χ3v) is 15.7. The van der Waals surface area contributed by atoms with Gasteiger partial charge in [0.25, 0.3) is 0 Å². The fraction of sp³-hybridized carbons (Fsp3) is 0.708. The number of rotatable bonds is 15. The van der Waals surface area contributed by atoms with Crippen molar-refractivity contribution >= 4 is 28.3 Å². The Kier molecular flexibility index (Phi) is 15.3. The molecule has 14 heteroatoms. The van der Waals surface area contributed by atoms with Crippen LogP contribution in [0.4, 0.5) is 9.59 Å². The summed E-state index contributed by atoms with van der Waals surface area (Å²) < 4.78 is 28.5. The van der Waals surface area contributed by atoms with Crippen molar-refractivity contribution in [3.63, 3.8) is 0 Å². The third kappa shape index (κ3) is 13.3. The van der Waals surface area contributed by atoms with Crippen LogP contribution in [0.2, 0.25) is 51.4 Å². The Bertz CT molecular complexity index is 1950. The summed E-state index contributed by atoms with van der Waals surface area (Å²) >= 11 is 0. The highest BCUT2D eigenvalue weighted by Crippen LogP contribution is 2.42. The molecule has 2 saturated heterocycles. The first-order valence-electron chi connectivity index (χ1n) is 23.4. The molecule has 4 heterocycles. The minimum absolute atomic E-state index is 0.124. The lowest BCUT2D eigenvalue weighted by molar-refractivity contribution is 0.0194. The molecule has 2 aliphatic heterocycles. The largest absolute Gasteiger partial charge is 0.444 e. The molecule has 6 rings (SSSR count). The predicted molar refractivity (Wildman–Crippen MR) is 252 cm³/mol. The van der Waals surface area contributed by atoms with Gasteiger partial charge in [-0.15, -0.1) is 0 Å². The van der Waals surface area contributed by atoms with Gasteiger partial charge >= 0.3 is 12.2 Å². The minimum atomic E-state index is -1.24. The summed E-state index contributed by atoms with van der Waals surface area (Å²) in [4.78, 5) is 40.9. The molecule has 12 nitrogen and oxygen atoms in total. The number of aromatic nitrogens is 4. The van der Waals surface area contributed by atoms with Crippen molar-refractivity contribution in [2.75, 3.05) is 26.3 Å². The summed E-state index contributed by atoms with van der Waals surface area (Å²) in [6, 6.07) is 10.9. The maximum atomic E-state index is 13.3. The highest BCUT2D eigenvalue weighted by atomic mass is 28.3. The van der Waals surface area contributed by atoms with Crippen LogP contribution < -0.4 is 0 Å². The van der Waals surface area contributed by atoms with Crippen molar-refractivity contribution in [3.8, 4) is 11.3 Å². The van der Waals surface area contributed by atoms with Crippen LogP contribution >= 0.6 is 0 Å². The molecule has 3 fully saturated rings. The van der Waals surface area contributed by atoms with E-state index in [0.717, 1.165) is 98.7 Å². The number of ether oxygens (including phenoxy) is 4. The minimum Gasteiger partial charge on any atom is -0.444 e. The van der Waals surface area contributed by atoms with E-state index in [1.54, 1.807) is 0 Å². The molecule has 2 aromatic heterocycles. The van der Waals surface area contributed by atoms with Gasteiger partial charge in [-0.25, -0.2) is 19.6 Å². The van der Waals surface area contributed by atoms with E-state index in [9.17, 15) is 9.59 Å². The first-order valence-corrected chi connectivity index (χ1v) is 30.8. The number of hydrogen-bond donors (Lipinski definition) is 0. The average Bonchev–Trinajstić information content (AvgIpc) is 3.99. The monoisotopic (exact) mass is 891 g/mol. The number of imidazole rings is 2. The van der Waals surface area contributed by atoms with Crippen molar-refractivity contribution in [1.29, 1.82) is 0 Å². The molecule has 62 heavy (non-hydrogen) atoms. The first-order chi connectivity index (χ1) is 29.0. The molecule has 344 valence electrons. The van der Waals surface area contributed by atoms with Crippen LogP contribution in [0.1, 0.15) is 140 Å². The van der Waals surface area contributed by atoms with E-state index in [1.165, 1.54) is 5.56 Å². The topological polar surface area (TPSA) is 113 Å². The lowest BCUT2D eigenvalue weighted by Gasteiger charge is -2.29. The lowest BCUT2D eigenvalue weighted by atomic mass is 9.77. The van der Waals surface area contributed by atoms with Gasteiger partial charge in [0.05, 0.1) is 23.5 Å². The molecular weight excluding hydrogens is 813 g/mol. The molecule has 1 aromatic carbocycles. The van der Waals surface area contributed by atoms with Gasteiger partial charge < -0.3 is 28.1 Å². The second-order valence-corrected chi connectivity index (χ2v) is 33.7. The molecule has 3 aliphatic rings. The highest BCUT2D eigenvalue weighted by Gasteiger charge is 2.38. The number of likely N-dealkylation sites (tertiary alicyclic amines) is 2. The Labute approximate surface area is 374 Å². The number of benzene rings is 1. The van der Waals surface area contributed by atoms with Crippen molar-refractivity contribution in [3.05, 3.63) is 59.6 Å². The van der Waals surface area contributed by atoms with E-state index in [0.29, 0.717) is 45.0 Å². The molecule has 0 bridgehead atoms. The van der Waals surface area contributed by atoms with E-state index in [1.807, 2.05) is 51.3 Å². The molecule has 0 unspecified atom stereocenters. The van der Waals surface area contributed by atoms with Gasteiger partial charge in [0.15, 0.2) is 0 Å². The van der Waals surface area contributed by atoms with Gasteiger partial charge in [-0.1, -0.05) is 63.5 Å². The molecule has 2 amide bonds. The van der Waals surface area contributed by atoms with E-state index in [4.69, 9.17) is 28.9 Å². The fourth-order valence-corrected chi connectivity index (χ4v) is 10.3. The summed E-state index contributed by atoms with van der Waals surface area (Å²) in [6.07, 6.45) is 11.6. The van der Waals surface area contributed by atoms with Gasteiger partial charge in [-0.3, -0.25) is 9.80 Å². The Hall–Kier alpha value is -3.47. The van der Waals surface area contributed by atoms with Crippen molar-refractivity contribution in [1.82, 2.24) is 28.9 Å². The van der Waals surface area contributed by atoms with E-state index in [2.05, 4.69) is 85.1 Å². The second kappa shape index (κ2) is 19.7. The Morgan fingerprint density at radius 1 is 0.629 bits per heavy atom. The van der Waals surface area contributed by atoms with Crippen molar-refractivity contribution in [2.45, 2.75) is 193 Å². The fourth-order valence-electron chi connectivity index (χ4n) is 8.84. The van der Waals surface area contributed by atoms with Crippen LogP contribution in [0.5, 0.6) is 0 Å². The first kappa shape index (κ1) is 48.0. The maximum absolute atomic E-state index is 13.3. The number of carbonyl (C=O) groups excluding carboxylic acids is 2. The van der Waals surface area contributed by atoms with Crippen LogP contribution in [-0.2, 0) is 32.4 Å². The SMILES string of the molecule is CC(C)(C)OC(=O)N1CCC[C@H]1c1nc(-c2ccc(C3CCC(c4cn(COCC[Si](C)(C)C)c([C@@H]5CCCN5C(=O)OC(C)(C)C)n4)CC3)cc2)cn1COCC[Si](C)(C)C. The van der Waals surface area contributed by atoms with Crippen LogP contribution in [0.15, 0.2) is 36.7 Å². The van der Waals surface area contributed by atoms with E-state index >= 15 is 0 Å². The summed E-state index contributed by atoms with van der Waals surface area (Å²) in [5.41, 5.74) is 3.30. The van der Waals surface area contributed by atoms with Crippen molar-refractivity contribution < 1.29 is 28.5 Å². The van der Waals surface area contributed by atoms with Gasteiger partial charge in [-0.2, -0.15) is 0 Å². The Morgan fingerprint density at radius 2 is 1.08 bits per heavy atom. The summed E-state index contributed by atoms with van der Waals surface area (Å²) in [6.45, 7) is 29.3. The highest BCUT2D eigenvalue weighted by molar-refractivity contribution is 6.76. The standard InChI is InChI=1S/C48H78N6O6Si2/c1-47(2,3)59-45(55)53-25-13-15-41(53)43-49-39(31-51(43)33-57-27-29-61(7,8)9)37-21-17-35(18-22-37)36-19-23-38(24-20-36)40-32-52(34-58-28-30-62(10,11)12)44(50-40)42-16-14-26-54(42)46(56)60-48(4,5)6/h17-18,21-22,31-32,36,38,41-42H,13-16,19-20,23-30,33-34H2,1-12H3/t36?,38?,41-,42-/m0/s1. The summed E-state index contributed by atoms with van der Waals surface area (Å²) in [7, 11) is -2.48. The molecule has 3 aromatic rings. The molecule has 1 aliphatic carbocycles. The van der Waals surface area contributed by atoms with E-state index < -0.39 is 27.3 Å². The van der Waals surface area contributed by atoms with Gasteiger partial charge in [0, 0.05) is 66.3 Å². The molecule has 0 radical (unpaired) electrons. The van der Waals surface area contributed by atoms with Crippen LogP contribution in [-0.4, -0.2) is 94.7 Å². The number of nitrogens with zero attached hydrogens (tertiary/aromatic N) is 6. The van der Waals surface area contributed by atoms with Crippen LogP contribution in [0, 0.1) is 0 Å². The predicted octanol–water partition coefficient (Wildman–Crippen LogP) is 12.0. The Morgan fingerprint density at radius 3 is 1.55 bits per heavy atom. The maximum Gasteiger partial charge on any atom is 0.410 e. The third-order valence-electron chi connectivity index (χ3n) is 12.3. The van der Waals surface area contributed by atoms with Gasteiger partial charge in [0.1, 0.15) is 36.3 Å². The molecule has 2 atom stereocenters. The number of hydrogen-bond acceptors (Lipinski definition) is 8. The molecular formula is C48H78N6O6Si2. The smallest absolute Gasteiger partial charge is 0.410 e. The molecule has 0 spiro atoms. The number of amides is 2. The lowest BCUT2D eigenvalue weighted by Crippen LogP contribution is -2.37. The zero-order valence-electron chi connectivity index (χ0n) is 40.2. The van der Waals surface area contributed by atoms with Crippen molar-refractivity contribution in [2.24, 2.45) is 0 Å². The second-order valence-electron chi connectivity index (χ2n) is 22.5. The quantitative estimate of drug-likeness (QED) is 0.109. The van der Waals surface area contributed by atoms with Crippen LogP contribution in [0.3, 0.4) is 0 Å². The molecule has 0 N–H and O–H groups in total. The van der Waals surface area contributed by atoms with E-state index in [-0.39, 0.29) is 24.3 Å². The summed E-state index contributed by atoms with van der Waals surface area (Å²) in [5, 5.41) is 0. The zero-order valence-corrected chi connectivity index (χ0v) is 42.2. The zero-order chi connectivity index (χ0) is 45.0. The van der Waals surface area contributed by atoms with Gasteiger partial charge in [0.2, 0.25) is 0 Å². The normalized spacial score (nSPS) is 21.5. The molecule has 1 saturated carbocycles. The van der Waals surface area contributed by atoms with Gasteiger partial charge in [-0.05, 0) is 116 Å². The Balaban J connectivity index is 1.15. The van der Waals surface area contributed by atoms with Crippen LogP contribution in [0.25, 0.3) is 11.3 Å². The average molecular weight is 891 g/mol. The number of carbonyl (C=O) groups is 2. The summed E-state index contributed by atoms with van der Waals surface area (Å²) in [5.74, 6) is 2.60.